The van der Waals surface area contributed by atoms with Crippen molar-refractivity contribution in [3.05, 3.63) is 12.4 Å². The van der Waals surface area contributed by atoms with Crippen LogP contribution in [-0.2, 0) is 17.1 Å². The zero-order valence-corrected chi connectivity index (χ0v) is 9.54. The molecular formula is C8H12N4O2S. The minimum atomic E-state index is -3.67. The normalized spacial score (nSPS) is 12.4. The van der Waals surface area contributed by atoms with Crippen molar-refractivity contribution in [3.63, 3.8) is 0 Å². The number of nitrogens with one attached hydrogen (secondary N) is 1. The second-order valence-electron chi connectivity index (χ2n) is 3.69. The lowest BCUT2D eigenvalue weighted by Crippen LogP contribution is -2.41. The minimum absolute atomic E-state index is 0.0494. The first-order valence-electron chi connectivity index (χ1n) is 4.21. The summed E-state index contributed by atoms with van der Waals surface area (Å²) in [5.74, 6) is 0. The molecule has 0 atom stereocenters. The summed E-state index contributed by atoms with van der Waals surface area (Å²) in [6.45, 7) is 2.97. The minimum Gasteiger partial charge on any atom is -0.274 e. The maximum atomic E-state index is 11.7. The zero-order chi connectivity index (χ0) is 11.7. The van der Waals surface area contributed by atoms with Crippen molar-refractivity contribution in [2.24, 2.45) is 7.05 Å². The lowest BCUT2D eigenvalue weighted by molar-refractivity contribution is 0.535. The molecule has 0 fully saturated rings. The molecule has 82 valence electrons. The topological polar surface area (TPSA) is 87.8 Å². The summed E-state index contributed by atoms with van der Waals surface area (Å²) < 4.78 is 27.1. The van der Waals surface area contributed by atoms with Crippen LogP contribution in [0, 0.1) is 11.3 Å². The molecule has 0 aliphatic heterocycles. The third kappa shape index (κ3) is 2.78. The molecule has 7 heteroatoms. The van der Waals surface area contributed by atoms with Gasteiger partial charge < -0.3 is 0 Å². The molecule has 0 aromatic carbocycles. The third-order valence-electron chi connectivity index (χ3n) is 1.66. The third-order valence-corrected chi connectivity index (χ3v) is 3.27. The van der Waals surface area contributed by atoms with Gasteiger partial charge in [0.25, 0.3) is 0 Å². The van der Waals surface area contributed by atoms with Crippen LogP contribution in [0.25, 0.3) is 0 Å². The molecule has 0 spiro atoms. The first kappa shape index (κ1) is 11.7. The van der Waals surface area contributed by atoms with E-state index in [9.17, 15) is 8.42 Å². The van der Waals surface area contributed by atoms with Crippen molar-refractivity contribution < 1.29 is 8.42 Å². The highest BCUT2D eigenvalue weighted by atomic mass is 32.2. The number of nitriles is 1. The van der Waals surface area contributed by atoms with E-state index in [1.807, 2.05) is 6.07 Å². The molecule has 1 heterocycles. The predicted octanol–water partition coefficient (Wildman–Crippen LogP) is 0.000580. The van der Waals surface area contributed by atoms with Crippen molar-refractivity contribution >= 4 is 10.0 Å². The highest BCUT2D eigenvalue weighted by Gasteiger charge is 2.26. The number of hydrogen-bond donors (Lipinski definition) is 1. The molecule has 1 aromatic heterocycles. The van der Waals surface area contributed by atoms with E-state index in [2.05, 4.69) is 9.82 Å². The molecule has 0 aliphatic carbocycles. The van der Waals surface area contributed by atoms with Crippen LogP contribution in [0.15, 0.2) is 17.3 Å². The van der Waals surface area contributed by atoms with Crippen molar-refractivity contribution in [1.29, 1.82) is 5.26 Å². The van der Waals surface area contributed by atoms with E-state index >= 15 is 0 Å². The standard InChI is InChI=1S/C8H12N4O2S/c1-8(2,6-9)11-15(13,14)7-4-10-12(3)5-7/h4-5,11H,1-3H3. The first-order valence-corrected chi connectivity index (χ1v) is 5.69. The van der Waals surface area contributed by atoms with Gasteiger partial charge in [0.15, 0.2) is 0 Å². The van der Waals surface area contributed by atoms with Crippen LogP contribution in [0.3, 0.4) is 0 Å². The number of rotatable bonds is 3. The van der Waals surface area contributed by atoms with Gasteiger partial charge in [0, 0.05) is 13.2 Å². The van der Waals surface area contributed by atoms with Crippen molar-refractivity contribution in [2.45, 2.75) is 24.3 Å². The molecule has 1 rings (SSSR count). The lowest BCUT2D eigenvalue weighted by atomic mass is 10.1. The van der Waals surface area contributed by atoms with Gasteiger partial charge in [-0.3, -0.25) is 4.68 Å². The Labute approximate surface area is 88.6 Å². The Hall–Kier alpha value is -1.39. The van der Waals surface area contributed by atoms with Crippen molar-refractivity contribution in [1.82, 2.24) is 14.5 Å². The quantitative estimate of drug-likeness (QED) is 0.788. The number of aromatic nitrogens is 2. The van der Waals surface area contributed by atoms with Crippen LogP contribution < -0.4 is 4.72 Å². The van der Waals surface area contributed by atoms with Gasteiger partial charge in [0.2, 0.25) is 10.0 Å². The van der Waals surface area contributed by atoms with Gasteiger partial charge in [-0.2, -0.15) is 15.1 Å². The monoisotopic (exact) mass is 228 g/mol. The highest BCUT2D eigenvalue weighted by Crippen LogP contribution is 2.10. The Kier molecular flexibility index (Phi) is 2.83. The fraction of sp³-hybridized carbons (Fsp3) is 0.500. The van der Waals surface area contributed by atoms with Gasteiger partial charge in [-0.1, -0.05) is 0 Å². The van der Waals surface area contributed by atoms with E-state index in [1.54, 1.807) is 7.05 Å². The van der Waals surface area contributed by atoms with Crippen LogP contribution in [-0.4, -0.2) is 23.7 Å². The number of sulfonamides is 1. The molecule has 6 nitrogen and oxygen atoms in total. The molecule has 0 bridgehead atoms. The molecule has 0 saturated heterocycles. The molecule has 0 unspecified atom stereocenters. The summed E-state index contributed by atoms with van der Waals surface area (Å²) >= 11 is 0. The summed E-state index contributed by atoms with van der Waals surface area (Å²) in [6, 6.07) is 1.86. The molecule has 0 saturated carbocycles. The maximum absolute atomic E-state index is 11.7. The first-order chi connectivity index (χ1) is 6.77. The van der Waals surface area contributed by atoms with Crippen LogP contribution in [0.5, 0.6) is 0 Å². The van der Waals surface area contributed by atoms with E-state index in [1.165, 1.54) is 30.9 Å². The van der Waals surface area contributed by atoms with Gasteiger partial charge in [-0.05, 0) is 13.8 Å². The summed E-state index contributed by atoms with van der Waals surface area (Å²) in [5.41, 5.74) is -1.13. The summed E-state index contributed by atoms with van der Waals surface area (Å²) in [7, 11) is -2.05. The molecular weight excluding hydrogens is 216 g/mol. The second-order valence-corrected chi connectivity index (χ2v) is 5.37. The van der Waals surface area contributed by atoms with Crippen LogP contribution in [0.1, 0.15) is 13.8 Å². The summed E-state index contributed by atoms with van der Waals surface area (Å²) in [4.78, 5) is 0.0494. The number of hydrogen-bond acceptors (Lipinski definition) is 4. The Morgan fingerprint density at radius 1 is 1.60 bits per heavy atom. The number of nitrogens with zero attached hydrogens (tertiary/aromatic N) is 3. The predicted molar refractivity (Wildman–Crippen MR) is 53.2 cm³/mol. The van der Waals surface area contributed by atoms with E-state index in [4.69, 9.17) is 5.26 Å². The van der Waals surface area contributed by atoms with Gasteiger partial charge in [-0.15, -0.1) is 0 Å². The van der Waals surface area contributed by atoms with Crippen molar-refractivity contribution in [3.8, 4) is 6.07 Å². The maximum Gasteiger partial charge on any atom is 0.245 e. The second kappa shape index (κ2) is 3.64. The molecule has 1 aromatic rings. The van der Waals surface area contributed by atoms with Crippen LogP contribution in [0.2, 0.25) is 0 Å². The van der Waals surface area contributed by atoms with E-state index in [0.717, 1.165) is 0 Å². The SMILES string of the molecule is Cn1cc(S(=O)(=O)NC(C)(C)C#N)cn1. The van der Waals surface area contributed by atoms with Gasteiger partial charge in [0.05, 0.1) is 12.3 Å². The Bertz CT molecular complexity index is 495. The molecule has 0 radical (unpaired) electrons. The van der Waals surface area contributed by atoms with Crippen molar-refractivity contribution in [2.75, 3.05) is 0 Å². The van der Waals surface area contributed by atoms with E-state index < -0.39 is 15.6 Å². The fourth-order valence-electron chi connectivity index (χ4n) is 0.955. The summed E-state index contributed by atoms with van der Waals surface area (Å²) in [6.07, 6.45) is 2.60. The fourth-order valence-corrected chi connectivity index (χ4v) is 2.27. The Morgan fingerprint density at radius 2 is 2.20 bits per heavy atom. The van der Waals surface area contributed by atoms with E-state index in [-0.39, 0.29) is 4.90 Å². The average Bonchev–Trinajstić information content (AvgIpc) is 2.51. The van der Waals surface area contributed by atoms with Gasteiger partial charge in [0.1, 0.15) is 10.4 Å². The Balaban J connectivity index is 3.01. The van der Waals surface area contributed by atoms with E-state index in [0.29, 0.717) is 0 Å². The molecule has 15 heavy (non-hydrogen) atoms. The smallest absolute Gasteiger partial charge is 0.245 e. The Morgan fingerprint density at radius 3 is 2.60 bits per heavy atom. The van der Waals surface area contributed by atoms with Crippen LogP contribution >= 0.6 is 0 Å². The molecule has 0 aliphatic rings. The summed E-state index contributed by atoms with van der Waals surface area (Å²) in [5, 5.41) is 12.5. The molecule has 1 N–H and O–H groups in total. The largest absolute Gasteiger partial charge is 0.274 e. The molecule has 0 amide bonds. The highest BCUT2D eigenvalue weighted by molar-refractivity contribution is 7.89. The average molecular weight is 228 g/mol. The number of aryl methyl sites for hydroxylation is 1. The van der Waals surface area contributed by atoms with Gasteiger partial charge in [-0.25, -0.2) is 8.42 Å². The zero-order valence-electron chi connectivity index (χ0n) is 8.72. The van der Waals surface area contributed by atoms with Gasteiger partial charge >= 0.3 is 0 Å². The lowest BCUT2D eigenvalue weighted by Gasteiger charge is -2.16. The van der Waals surface area contributed by atoms with Crippen LogP contribution in [0.4, 0.5) is 0 Å².